The fourth-order valence-electron chi connectivity index (χ4n) is 3.72. The maximum atomic E-state index is 13.9. The Morgan fingerprint density at radius 1 is 0.613 bits per heavy atom. The minimum atomic E-state index is -0.313. The Labute approximate surface area is 195 Å². The van der Waals surface area contributed by atoms with Crippen LogP contribution in [0.15, 0.2) is 121 Å². The molecule has 0 aliphatic carbocycles. The molecule has 0 aromatic heterocycles. The summed E-state index contributed by atoms with van der Waals surface area (Å²) in [6, 6.07) is 40.2. The fraction of sp³-hybridized carbons (Fsp3) is 0.107. The molecule has 0 saturated carbocycles. The van der Waals surface area contributed by atoms with Gasteiger partial charge in [0.1, 0.15) is 0 Å². The van der Waals surface area contributed by atoms with Gasteiger partial charge in [0.15, 0.2) is 0 Å². The predicted molar refractivity (Wildman–Crippen MR) is 131 cm³/mol. The van der Waals surface area contributed by atoms with Crippen molar-refractivity contribution >= 4 is 36.8 Å². The number of carbonyl (C=O) groups is 1. The van der Waals surface area contributed by atoms with Crippen LogP contribution in [0.3, 0.4) is 0 Å². The number of hydrogen-bond acceptors (Lipinski definition) is 1. The van der Waals surface area contributed by atoms with E-state index in [1.165, 1.54) is 4.46 Å². The Bertz CT molecular complexity index is 1080. The minimum absolute atomic E-state index is 0.0867. The van der Waals surface area contributed by atoms with Crippen LogP contribution in [0.1, 0.15) is 32.8 Å². The van der Waals surface area contributed by atoms with Crippen LogP contribution in [0.5, 0.6) is 0 Å². The molecule has 0 fully saturated rings. The molecule has 0 spiro atoms. The molecule has 0 heterocycles. The third kappa shape index (κ3) is 5.35. The first-order valence-corrected chi connectivity index (χ1v) is 12.6. The molecule has 1 nitrogen and oxygen atoms in total. The summed E-state index contributed by atoms with van der Waals surface area (Å²) < 4.78 is 1.20. The molecule has 0 saturated heterocycles. The van der Waals surface area contributed by atoms with Crippen LogP contribution in [0.4, 0.5) is 0 Å². The van der Waals surface area contributed by atoms with Crippen LogP contribution >= 0.6 is 11.6 Å². The summed E-state index contributed by atoms with van der Waals surface area (Å²) >= 11 is 7.07. The van der Waals surface area contributed by atoms with Crippen molar-refractivity contribution in [3.8, 4) is 0 Å². The van der Waals surface area contributed by atoms with Crippen molar-refractivity contribution in [2.45, 2.75) is 16.1 Å². The van der Waals surface area contributed by atoms with E-state index in [2.05, 4.69) is 24.3 Å². The zero-order chi connectivity index (χ0) is 21.5. The molecule has 3 heteroatoms. The van der Waals surface area contributed by atoms with E-state index in [1.807, 2.05) is 97.1 Å². The van der Waals surface area contributed by atoms with Crippen molar-refractivity contribution in [3.63, 3.8) is 0 Å². The normalized spacial score (nSPS) is 13.8. The molecular weight excluding hydrogens is 467 g/mol. The van der Waals surface area contributed by atoms with Crippen LogP contribution in [0.25, 0.3) is 0 Å². The van der Waals surface area contributed by atoms with Gasteiger partial charge in [-0.2, -0.15) is 0 Å². The van der Waals surface area contributed by atoms with Crippen molar-refractivity contribution in [1.29, 1.82) is 0 Å². The summed E-state index contributed by atoms with van der Waals surface area (Å²) in [5.41, 5.74) is 2.87. The SMILES string of the molecule is O=C(c1ccccc1)C([Se]c1ccccc1)C(c1ccccc1)C(Cl)c1ccccc1. The molecule has 0 aliphatic rings. The summed E-state index contributed by atoms with van der Waals surface area (Å²) in [6.07, 6.45) is 0. The number of rotatable bonds is 8. The molecule has 4 aromatic rings. The van der Waals surface area contributed by atoms with Gasteiger partial charge in [0.05, 0.1) is 0 Å². The van der Waals surface area contributed by atoms with E-state index in [-0.39, 0.29) is 36.9 Å². The van der Waals surface area contributed by atoms with E-state index in [1.54, 1.807) is 0 Å². The van der Waals surface area contributed by atoms with Crippen LogP contribution < -0.4 is 4.46 Å². The number of Topliss-reactive ketones (excluding diaryl/α,β-unsaturated/α-hetero) is 1. The Morgan fingerprint density at radius 2 is 1.06 bits per heavy atom. The molecule has 0 N–H and O–H groups in total. The number of halogens is 1. The molecule has 4 aromatic carbocycles. The van der Waals surface area contributed by atoms with E-state index in [0.29, 0.717) is 0 Å². The van der Waals surface area contributed by atoms with Gasteiger partial charge in [-0.05, 0) is 0 Å². The fourth-order valence-corrected chi connectivity index (χ4v) is 7.10. The Hall–Kier alpha value is -2.64. The number of carbonyl (C=O) groups excluding carboxylic acids is 1. The van der Waals surface area contributed by atoms with Crippen molar-refractivity contribution in [2.24, 2.45) is 0 Å². The monoisotopic (exact) mass is 490 g/mol. The van der Waals surface area contributed by atoms with E-state index in [4.69, 9.17) is 11.6 Å². The van der Waals surface area contributed by atoms with Crippen LogP contribution in [0, 0.1) is 0 Å². The number of benzene rings is 4. The van der Waals surface area contributed by atoms with Crippen molar-refractivity contribution < 1.29 is 4.79 Å². The van der Waals surface area contributed by atoms with E-state index in [9.17, 15) is 4.79 Å². The Balaban J connectivity index is 1.81. The van der Waals surface area contributed by atoms with E-state index >= 15 is 0 Å². The molecule has 0 bridgehead atoms. The molecular formula is C28H23ClOSe. The molecule has 0 radical (unpaired) electrons. The number of hydrogen-bond donors (Lipinski definition) is 0. The summed E-state index contributed by atoms with van der Waals surface area (Å²) in [5.74, 6) is 0.0121. The van der Waals surface area contributed by atoms with Gasteiger partial charge in [-0.3, -0.25) is 0 Å². The average molecular weight is 490 g/mol. The number of alkyl halides is 1. The number of ketones is 1. The molecule has 0 amide bonds. The third-order valence-corrected chi connectivity index (χ3v) is 8.53. The van der Waals surface area contributed by atoms with Gasteiger partial charge in [0, 0.05) is 0 Å². The maximum absolute atomic E-state index is 13.9. The molecule has 4 rings (SSSR count). The topological polar surface area (TPSA) is 17.1 Å². The van der Waals surface area contributed by atoms with E-state index < -0.39 is 0 Å². The first kappa shape index (κ1) is 21.6. The molecule has 154 valence electrons. The first-order chi connectivity index (χ1) is 15.2. The van der Waals surface area contributed by atoms with Gasteiger partial charge in [0.25, 0.3) is 0 Å². The molecule has 3 unspecified atom stereocenters. The van der Waals surface area contributed by atoms with Gasteiger partial charge in [-0.25, -0.2) is 0 Å². The van der Waals surface area contributed by atoms with Crippen LogP contribution in [-0.4, -0.2) is 20.7 Å². The van der Waals surface area contributed by atoms with Gasteiger partial charge in [0.2, 0.25) is 0 Å². The van der Waals surface area contributed by atoms with Gasteiger partial charge in [-0.15, -0.1) is 0 Å². The third-order valence-electron chi connectivity index (χ3n) is 5.27. The van der Waals surface area contributed by atoms with E-state index in [0.717, 1.165) is 16.7 Å². The molecule has 3 atom stereocenters. The second kappa shape index (κ2) is 10.6. The predicted octanol–water partition coefficient (Wildman–Crippen LogP) is 6.45. The molecule has 31 heavy (non-hydrogen) atoms. The van der Waals surface area contributed by atoms with Crippen LogP contribution in [0.2, 0.25) is 4.82 Å². The standard InChI is InChI=1S/C28H23ClOSe/c29-26(22-15-7-2-8-16-22)25(21-13-5-1-6-14-21)28(31-24-19-11-4-12-20-24)27(30)23-17-9-3-10-18-23/h1-20,25-26,28H. The summed E-state index contributed by atoms with van der Waals surface area (Å²) in [4.78, 5) is 13.6. The second-order valence-electron chi connectivity index (χ2n) is 7.33. The van der Waals surface area contributed by atoms with Crippen molar-refractivity contribution in [2.75, 3.05) is 0 Å². The van der Waals surface area contributed by atoms with Crippen molar-refractivity contribution in [3.05, 3.63) is 138 Å². The summed E-state index contributed by atoms with van der Waals surface area (Å²) in [7, 11) is 0. The molecule has 0 aliphatic heterocycles. The first-order valence-electron chi connectivity index (χ1n) is 10.3. The zero-order valence-corrected chi connectivity index (χ0v) is 19.4. The quantitative estimate of drug-likeness (QED) is 0.158. The second-order valence-corrected chi connectivity index (χ2v) is 10.3. The van der Waals surface area contributed by atoms with Gasteiger partial charge < -0.3 is 0 Å². The summed E-state index contributed by atoms with van der Waals surface area (Å²) in [6.45, 7) is 0. The zero-order valence-electron chi connectivity index (χ0n) is 17.0. The van der Waals surface area contributed by atoms with Crippen LogP contribution in [-0.2, 0) is 0 Å². The Kier molecular flexibility index (Phi) is 7.38. The average Bonchev–Trinajstić information content (AvgIpc) is 2.85. The van der Waals surface area contributed by atoms with Gasteiger partial charge in [-0.1, -0.05) is 0 Å². The summed E-state index contributed by atoms with van der Waals surface area (Å²) in [5, 5.41) is -0.313. The Morgan fingerprint density at radius 3 is 1.61 bits per heavy atom. The van der Waals surface area contributed by atoms with Crippen molar-refractivity contribution in [1.82, 2.24) is 0 Å². The van der Waals surface area contributed by atoms with Gasteiger partial charge >= 0.3 is 196 Å².